The SMILES string of the molecule is COc1ccc(C(=O)CN2C(=O)CN(C3CC3)C2=O)cc1. The van der Waals surface area contributed by atoms with Gasteiger partial charge in [0, 0.05) is 11.6 Å². The highest BCUT2D eigenvalue weighted by Gasteiger charge is 2.44. The number of hydrogen-bond donors (Lipinski definition) is 0. The van der Waals surface area contributed by atoms with Crippen LogP contribution < -0.4 is 4.74 Å². The monoisotopic (exact) mass is 288 g/mol. The number of rotatable bonds is 5. The van der Waals surface area contributed by atoms with E-state index in [9.17, 15) is 14.4 Å². The molecule has 0 radical (unpaired) electrons. The van der Waals surface area contributed by atoms with Crippen molar-refractivity contribution in [1.29, 1.82) is 0 Å². The summed E-state index contributed by atoms with van der Waals surface area (Å²) in [4.78, 5) is 38.8. The molecule has 1 aliphatic carbocycles. The van der Waals surface area contributed by atoms with Gasteiger partial charge in [0.1, 0.15) is 12.3 Å². The van der Waals surface area contributed by atoms with E-state index < -0.39 is 0 Å². The lowest BCUT2D eigenvalue weighted by molar-refractivity contribution is -0.125. The Balaban J connectivity index is 1.68. The van der Waals surface area contributed by atoms with Crippen LogP contribution >= 0.6 is 0 Å². The molecule has 3 rings (SSSR count). The van der Waals surface area contributed by atoms with Crippen molar-refractivity contribution >= 4 is 17.7 Å². The Morgan fingerprint density at radius 2 is 1.90 bits per heavy atom. The molecule has 21 heavy (non-hydrogen) atoms. The van der Waals surface area contributed by atoms with Gasteiger partial charge in [0.15, 0.2) is 5.78 Å². The lowest BCUT2D eigenvalue weighted by atomic mass is 10.1. The first-order chi connectivity index (χ1) is 10.1. The number of methoxy groups -OCH3 is 1. The van der Waals surface area contributed by atoms with Crippen LogP contribution in [0.4, 0.5) is 4.79 Å². The Morgan fingerprint density at radius 1 is 1.24 bits per heavy atom. The molecule has 0 unspecified atom stereocenters. The highest BCUT2D eigenvalue weighted by atomic mass is 16.5. The fourth-order valence-corrected chi connectivity index (χ4v) is 2.40. The largest absolute Gasteiger partial charge is 0.497 e. The van der Waals surface area contributed by atoms with Crippen molar-refractivity contribution < 1.29 is 19.1 Å². The van der Waals surface area contributed by atoms with Crippen molar-refractivity contribution in [3.8, 4) is 5.75 Å². The fourth-order valence-electron chi connectivity index (χ4n) is 2.40. The lowest BCUT2D eigenvalue weighted by Gasteiger charge is -2.15. The molecule has 0 atom stereocenters. The third-order valence-corrected chi connectivity index (χ3v) is 3.78. The van der Waals surface area contributed by atoms with E-state index in [1.807, 2.05) is 0 Å². The van der Waals surface area contributed by atoms with Crippen molar-refractivity contribution in [1.82, 2.24) is 9.80 Å². The van der Waals surface area contributed by atoms with Crippen LogP contribution in [-0.4, -0.2) is 53.8 Å². The molecule has 2 aliphatic rings. The average molecular weight is 288 g/mol. The first-order valence-corrected chi connectivity index (χ1v) is 6.88. The van der Waals surface area contributed by atoms with E-state index in [4.69, 9.17) is 4.74 Å². The zero-order chi connectivity index (χ0) is 15.0. The molecule has 1 saturated carbocycles. The quantitative estimate of drug-likeness (QED) is 0.605. The van der Waals surface area contributed by atoms with Gasteiger partial charge >= 0.3 is 6.03 Å². The molecule has 0 aromatic heterocycles. The van der Waals surface area contributed by atoms with Crippen LogP contribution in [0.1, 0.15) is 23.2 Å². The zero-order valence-corrected chi connectivity index (χ0v) is 11.7. The predicted octanol–water partition coefficient (Wildman–Crippen LogP) is 1.30. The molecule has 3 amide bonds. The fraction of sp³-hybridized carbons (Fsp3) is 0.400. The van der Waals surface area contributed by atoms with Crippen molar-refractivity contribution in [2.75, 3.05) is 20.2 Å². The van der Waals surface area contributed by atoms with Crippen LogP contribution in [0.5, 0.6) is 5.75 Å². The summed E-state index contributed by atoms with van der Waals surface area (Å²) in [5.74, 6) is 0.102. The molecule has 0 spiro atoms. The van der Waals surface area contributed by atoms with Crippen LogP contribution in [0.25, 0.3) is 0 Å². The molecular formula is C15H16N2O4. The topological polar surface area (TPSA) is 66.9 Å². The second-order valence-corrected chi connectivity index (χ2v) is 5.27. The Morgan fingerprint density at radius 3 is 2.48 bits per heavy atom. The van der Waals surface area contributed by atoms with Crippen molar-refractivity contribution in [3.63, 3.8) is 0 Å². The summed E-state index contributed by atoms with van der Waals surface area (Å²) in [5.41, 5.74) is 0.460. The minimum atomic E-state index is -0.343. The molecule has 1 saturated heterocycles. The normalized spacial score (nSPS) is 18.3. The standard InChI is InChI=1S/C15H16N2O4/c1-21-12-6-2-10(3-7-12)13(18)8-17-14(19)9-16(15(17)20)11-4-5-11/h2-3,6-7,11H,4-5,8-9H2,1H3. The number of Topliss-reactive ketones (excluding diaryl/α,β-unsaturated/α-hetero) is 1. The smallest absolute Gasteiger partial charge is 0.327 e. The van der Waals surface area contributed by atoms with Crippen LogP contribution in [0.2, 0.25) is 0 Å². The third-order valence-electron chi connectivity index (χ3n) is 3.78. The maximum absolute atomic E-state index is 12.2. The molecular weight excluding hydrogens is 272 g/mol. The van der Waals surface area contributed by atoms with Crippen LogP contribution in [0.3, 0.4) is 0 Å². The van der Waals surface area contributed by atoms with Gasteiger partial charge in [-0.15, -0.1) is 0 Å². The van der Waals surface area contributed by atoms with Crippen molar-refractivity contribution in [2.24, 2.45) is 0 Å². The third kappa shape index (κ3) is 2.61. The molecule has 110 valence electrons. The van der Waals surface area contributed by atoms with E-state index in [1.54, 1.807) is 36.3 Å². The van der Waals surface area contributed by atoms with E-state index in [0.29, 0.717) is 11.3 Å². The van der Waals surface area contributed by atoms with Crippen molar-refractivity contribution in [2.45, 2.75) is 18.9 Å². The maximum atomic E-state index is 12.2. The van der Waals surface area contributed by atoms with Gasteiger partial charge in [-0.1, -0.05) is 0 Å². The van der Waals surface area contributed by atoms with Crippen LogP contribution in [0, 0.1) is 0 Å². The summed E-state index contributed by atoms with van der Waals surface area (Å²) in [7, 11) is 1.55. The van der Waals surface area contributed by atoms with E-state index in [1.165, 1.54) is 0 Å². The number of carbonyl (C=O) groups excluding carboxylic acids is 3. The number of imide groups is 1. The summed E-state index contributed by atoms with van der Waals surface area (Å²) < 4.78 is 5.03. The molecule has 1 aromatic rings. The number of amides is 3. The molecule has 1 heterocycles. The number of nitrogens with zero attached hydrogens (tertiary/aromatic N) is 2. The molecule has 1 aromatic carbocycles. The van der Waals surface area contributed by atoms with Gasteiger partial charge in [-0.2, -0.15) is 0 Å². The summed E-state index contributed by atoms with van der Waals surface area (Å²) in [6.45, 7) is -0.105. The van der Waals surface area contributed by atoms with Gasteiger partial charge in [0.25, 0.3) is 5.91 Å². The highest BCUT2D eigenvalue weighted by molar-refractivity contribution is 6.08. The van der Waals surface area contributed by atoms with Gasteiger partial charge in [0.2, 0.25) is 0 Å². The van der Waals surface area contributed by atoms with E-state index >= 15 is 0 Å². The summed E-state index contributed by atoms with van der Waals surface area (Å²) >= 11 is 0. The minimum absolute atomic E-state index is 0.0966. The first-order valence-electron chi connectivity index (χ1n) is 6.88. The Kier molecular flexibility index (Phi) is 3.37. The second-order valence-electron chi connectivity index (χ2n) is 5.27. The Bertz CT molecular complexity index is 592. The molecule has 6 nitrogen and oxygen atoms in total. The van der Waals surface area contributed by atoms with E-state index in [-0.39, 0.29) is 36.9 Å². The number of ether oxygens (including phenoxy) is 1. The van der Waals surface area contributed by atoms with Gasteiger partial charge in [0.05, 0.1) is 13.7 Å². The van der Waals surface area contributed by atoms with Crippen LogP contribution in [-0.2, 0) is 4.79 Å². The van der Waals surface area contributed by atoms with E-state index in [2.05, 4.69) is 0 Å². The van der Waals surface area contributed by atoms with E-state index in [0.717, 1.165) is 17.7 Å². The number of benzene rings is 1. The zero-order valence-electron chi connectivity index (χ0n) is 11.7. The molecule has 6 heteroatoms. The Labute approximate surface area is 122 Å². The second kappa shape index (κ2) is 5.20. The van der Waals surface area contributed by atoms with Crippen LogP contribution in [0.15, 0.2) is 24.3 Å². The number of ketones is 1. The highest BCUT2D eigenvalue weighted by Crippen LogP contribution is 2.30. The van der Waals surface area contributed by atoms with Gasteiger partial charge in [-0.3, -0.25) is 14.5 Å². The predicted molar refractivity (Wildman–Crippen MR) is 74.2 cm³/mol. The molecule has 0 bridgehead atoms. The number of urea groups is 1. The molecule has 1 aliphatic heterocycles. The average Bonchev–Trinajstić information content (AvgIpc) is 3.30. The van der Waals surface area contributed by atoms with Gasteiger partial charge < -0.3 is 9.64 Å². The first kappa shape index (κ1) is 13.6. The van der Waals surface area contributed by atoms with Gasteiger partial charge in [-0.25, -0.2) is 4.79 Å². The summed E-state index contributed by atoms with van der Waals surface area (Å²) in [6.07, 6.45) is 1.89. The molecule has 0 N–H and O–H groups in total. The van der Waals surface area contributed by atoms with Gasteiger partial charge in [-0.05, 0) is 37.1 Å². The maximum Gasteiger partial charge on any atom is 0.327 e. The number of carbonyl (C=O) groups is 3. The van der Waals surface area contributed by atoms with Crippen molar-refractivity contribution in [3.05, 3.63) is 29.8 Å². The summed E-state index contributed by atoms with van der Waals surface area (Å²) in [5, 5.41) is 0. The Hall–Kier alpha value is -2.37. The minimum Gasteiger partial charge on any atom is -0.497 e. The summed E-state index contributed by atoms with van der Waals surface area (Å²) in [6, 6.07) is 6.46. The number of hydrogen-bond acceptors (Lipinski definition) is 4. The lowest BCUT2D eigenvalue weighted by Crippen LogP contribution is -2.37. The molecule has 2 fully saturated rings.